The highest BCUT2D eigenvalue weighted by Crippen LogP contribution is 2.29. The van der Waals surface area contributed by atoms with Gasteiger partial charge in [0, 0.05) is 12.7 Å². The van der Waals surface area contributed by atoms with Gasteiger partial charge >= 0.3 is 6.18 Å². The zero-order valence-electron chi connectivity index (χ0n) is 9.19. The summed E-state index contributed by atoms with van der Waals surface area (Å²) in [6, 6.07) is 5.06. The molecule has 0 saturated heterocycles. The molecule has 0 unspecified atom stereocenters. The Balaban J connectivity index is 2.21. The van der Waals surface area contributed by atoms with Gasteiger partial charge in [0.15, 0.2) is 6.29 Å². The van der Waals surface area contributed by atoms with E-state index in [1.54, 1.807) is 10.6 Å². The summed E-state index contributed by atoms with van der Waals surface area (Å²) in [7, 11) is 0. The van der Waals surface area contributed by atoms with Crippen LogP contribution >= 0.6 is 0 Å². The van der Waals surface area contributed by atoms with E-state index in [9.17, 15) is 18.0 Å². The molecule has 0 aliphatic heterocycles. The van der Waals surface area contributed by atoms with Crippen molar-refractivity contribution in [3.05, 3.63) is 53.6 Å². The van der Waals surface area contributed by atoms with Crippen molar-refractivity contribution in [2.75, 3.05) is 0 Å². The first-order valence-corrected chi connectivity index (χ1v) is 5.12. The molecule has 0 N–H and O–H groups in total. The lowest BCUT2D eigenvalue weighted by Gasteiger charge is -2.08. The molecule has 0 spiro atoms. The van der Waals surface area contributed by atoms with Crippen molar-refractivity contribution >= 4 is 6.29 Å². The molecule has 2 aromatic rings. The molecule has 1 aromatic heterocycles. The molecule has 0 saturated carbocycles. The van der Waals surface area contributed by atoms with Gasteiger partial charge < -0.3 is 4.57 Å². The van der Waals surface area contributed by atoms with Crippen molar-refractivity contribution in [3.8, 4) is 0 Å². The van der Waals surface area contributed by atoms with E-state index in [2.05, 4.69) is 4.98 Å². The van der Waals surface area contributed by atoms with Crippen LogP contribution < -0.4 is 0 Å². The Morgan fingerprint density at radius 3 is 2.72 bits per heavy atom. The molecule has 1 aromatic carbocycles. The summed E-state index contributed by atoms with van der Waals surface area (Å²) in [6.45, 7) is 0.241. The van der Waals surface area contributed by atoms with E-state index in [4.69, 9.17) is 0 Å². The summed E-state index contributed by atoms with van der Waals surface area (Å²) in [4.78, 5) is 14.2. The van der Waals surface area contributed by atoms with Crippen molar-refractivity contribution in [3.63, 3.8) is 0 Å². The number of alkyl halides is 3. The van der Waals surface area contributed by atoms with Gasteiger partial charge in [0.1, 0.15) is 5.69 Å². The van der Waals surface area contributed by atoms with Gasteiger partial charge in [0.05, 0.1) is 11.9 Å². The number of hydrogen-bond donors (Lipinski definition) is 0. The second kappa shape index (κ2) is 4.64. The molecule has 0 aliphatic carbocycles. The molecule has 0 fully saturated rings. The van der Waals surface area contributed by atoms with Crippen LogP contribution in [-0.4, -0.2) is 15.8 Å². The number of benzene rings is 1. The number of halogens is 3. The summed E-state index contributed by atoms with van der Waals surface area (Å²) in [5.41, 5.74) is 0.0670. The minimum atomic E-state index is -4.35. The van der Waals surface area contributed by atoms with E-state index in [1.807, 2.05) is 0 Å². The number of imidazole rings is 1. The van der Waals surface area contributed by atoms with Crippen LogP contribution in [0.2, 0.25) is 0 Å². The van der Waals surface area contributed by atoms with E-state index < -0.39 is 11.7 Å². The first-order chi connectivity index (χ1) is 8.49. The molecule has 0 bridgehead atoms. The minimum Gasteiger partial charge on any atom is -0.332 e. The van der Waals surface area contributed by atoms with Crippen molar-refractivity contribution < 1.29 is 18.0 Å². The average Bonchev–Trinajstić information content (AvgIpc) is 2.76. The van der Waals surface area contributed by atoms with Crippen LogP contribution in [0.3, 0.4) is 0 Å². The third kappa shape index (κ3) is 2.77. The summed E-state index contributed by atoms with van der Waals surface area (Å²) in [6.07, 6.45) is -0.876. The molecule has 0 radical (unpaired) electrons. The molecule has 0 atom stereocenters. The second-order valence-electron chi connectivity index (χ2n) is 3.79. The van der Waals surface area contributed by atoms with E-state index in [-0.39, 0.29) is 12.2 Å². The predicted octanol–water partition coefficient (Wildman–Crippen LogP) is 2.76. The van der Waals surface area contributed by atoms with Crippen LogP contribution in [0.25, 0.3) is 0 Å². The van der Waals surface area contributed by atoms with Crippen molar-refractivity contribution in [1.82, 2.24) is 9.55 Å². The number of carbonyl (C=O) groups excluding carboxylic acids is 1. The smallest absolute Gasteiger partial charge is 0.332 e. The number of aldehydes is 1. The first kappa shape index (κ1) is 12.3. The average molecular weight is 254 g/mol. The standard InChI is InChI=1S/C12H9F3N2O/c13-12(14,15)10-3-1-2-9(4-10)5-17-6-11(7-18)16-8-17/h1-4,6-8H,5H2. The summed E-state index contributed by atoms with van der Waals surface area (Å²) in [5.74, 6) is 0. The molecular weight excluding hydrogens is 245 g/mol. The van der Waals surface area contributed by atoms with Gasteiger partial charge in [0.2, 0.25) is 0 Å². The van der Waals surface area contributed by atoms with Crippen LogP contribution in [0, 0.1) is 0 Å². The zero-order valence-corrected chi connectivity index (χ0v) is 9.19. The monoisotopic (exact) mass is 254 g/mol. The van der Waals surface area contributed by atoms with Gasteiger partial charge in [-0.1, -0.05) is 12.1 Å². The molecule has 2 rings (SSSR count). The third-order valence-corrected chi connectivity index (χ3v) is 2.39. The lowest BCUT2D eigenvalue weighted by atomic mass is 10.1. The van der Waals surface area contributed by atoms with E-state index in [0.717, 1.165) is 12.1 Å². The molecule has 0 aliphatic rings. The fourth-order valence-electron chi connectivity index (χ4n) is 1.58. The Morgan fingerprint density at radius 2 is 2.11 bits per heavy atom. The van der Waals surface area contributed by atoms with E-state index in [0.29, 0.717) is 11.8 Å². The molecule has 6 heteroatoms. The third-order valence-electron chi connectivity index (χ3n) is 2.39. The highest BCUT2D eigenvalue weighted by molar-refractivity contribution is 5.70. The van der Waals surface area contributed by atoms with Crippen LogP contribution in [0.15, 0.2) is 36.8 Å². The van der Waals surface area contributed by atoms with Crippen LogP contribution in [0.1, 0.15) is 21.6 Å². The number of aromatic nitrogens is 2. The van der Waals surface area contributed by atoms with Crippen molar-refractivity contribution in [1.29, 1.82) is 0 Å². The van der Waals surface area contributed by atoms with E-state index in [1.165, 1.54) is 18.6 Å². The Kier molecular flexibility index (Phi) is 3.18. The number of carbonyl (C=O) groups is 1. The minimum absolute atomic E-state index is 0.241. The summed E-state index contributed by atoms with van der Waals surface area (Å²) < 4.78 is 39.1. The fraction of sp³-hybridized carbons (Fsp3) is 0.167. The van der Waals surface area contributed by atoms with Gasteiger partial charge in [-0.3, -0.25) is 4.79 Å². The lowest BCUT2D eigenvalue weighted by Crippen LogP contribution is -2.06. The Labute approximate surface area is 101 Å². The maximum Gasteiger partial charge on any atom is 0.416 e. The quantitative estimate of drug-likeness (QED) is 0.789. The van der Waals surface area contributed by atoms with E-state index >= 15 is 0 Å². The molecule has 1 heterocycles. The SMILES string of the molecule is O=Cc1cn(Cc2cccc(C(F)(F)F)c2)cn1. The molecular formula is C12H9F3N2O. The van der Waals surface area contributed by atoms with Gasteiger partial charge in [-0.25, -0.2) is 4.98 Å². The topological polar surface area (TPSA) is 34.9 Å². The molecule has 18 heavy (non-hydrogen) atoms. The normalized spacial score (nSPS) is 11.5. The first-order valence-electron chi connectivity index (χ1n) is 5.12. The lowest BCUT2D eigenvalue weighted by molar-refractivity contribution is -0.137. The Bertz CT molecular complexity index is 560. The van der Waals surface area contributed by atoms with Gasteiger partial charge in [0.25, 0.3) is 0 Å². The van der Waals surface area contributed by atoms with Gasteiger partial charge in [-0.15, -0.1) is 0 Å². The Morgan fingerprint density at radius 1 is 1.33 bits per heavy atom. The maximum absolute atomic E-state index is 12.5. The van der Waals surface area contributed by atoms with Gasteiger partial charge in [-0.2, -0.15) is 13.2 Å². The van der Waals surface area contributed by atoms with Crippen molar-refractivity contribution in [2.24, 2.45) is 0 Å². The number of rotatable bonds is 3. The fourth-order valence-corrected chi connectivity index (χ4v) is 1.58. The molecule has 0 amide bonds. The molecule has 94 valence electrons. The zero-order chi connectivity index (χ0) is 13.2. The predicted molar refractivity (Wildman–Crippen MR) is 58.2 cm³/mol. The van der Waals surface area contributed by atoms with Crippen LogP contribution in [-0.2, 0) is 12.7 Å². The van der Waals surface area contributed by atoms with Crippen LogP contribution in [0.4, 0.5) is 13.2 Å². The summed E-state index contributed by atoms with van der Waals surface area (Å²) >= 11 is 0. The Hall–Kier alpha value is -2.11. The van der Waals surface area contributed by atoms with Gasteiger partial charge in [-0.05, 0) is 17.7 Å². The highest BCUT2D eigenvalue weighted by atomic mass is 19.4. The van der Waals surface area contributed by atoms with Crippen molar-refractivity contribution in [2.45, 2.75) is 12.7 Å². The largest absolute Gasteiger partial charge is 0.416 e. The number of nitrogens with zero attached hydrogens (tertiary/aromatic N) is 2. The second-order valence-corrected chi connectivity index (χ2v) is 3.79. The number of hydrogen-bond acceptors (Lipinski definition) is 2. The highest BCUT2D eigenvalue weighted by Gasteiger charge is 2.30. The molecule has 3 nitrogen and oxygen atoms in total. The maximum atomic E-state index is 12.5. The van der Waals surface area contributed by atoms with Crippen LogP contribution in [0.5, 0.6) is 0 Å². The summed E-state index contributed by atoms with van der Waals surface area (Å²) in [5, 5.41) is 0.